The summed E-state index contributed by atoms with van der Waals surface area (Å²) < 4.78 is 6.16. The number of benzene rings is 3. The van der Waals surface area contributed by atoms with Gasteiger partial charge in [0.2, 0.25) is 0 Å². The highest BCUT2D eigenvalue weighted by molar-refractivity contribution is 6.07. The maximum Gasteiger partial charge on any atom is 0.138 e. The van der Waals surface area contributed by atoms with Crippen molar-refractivity contribution in [3.8, 4) is 11.5 Å². The second kappa shape index (κ2) is 5.40. The number of hydrogen-bond donors (Lipinski definition) is 0. The molecule has 3 aromatic carbocycles. The van der Waals surface area contributed by atoms with Gasteiger partial charge in [-0.05, 0) is 43.0 Å². The number of fused-ring (bicyclic) bond motifs is 3. The zero-order valence-corrected chi connectivity index (χ0v) is 13.2. The molecule has 0 aliphatic carbocycles. The molecule has 1 aromatic heterocycles. The highest BCUT2D eigenvalue weighted by Crippen LogP contribution is 2.33. The number of pyridine rings is 1. The summed E-state index contributed by atoms with van der Waals surface area (Å²) in [6.45, 7) is 4.07. The van der Waals surface area contributed by atoms with Crippen LogP contribution in [0, 0.1) is 13.8 Å². The summed E-state index contributed by atoms with van der Waals surface area (Å²) in [5, 5.41) is 3.39. The molecule has 4 aromatic rings. The van der Waals surface area contributed by atoms with Crippen LogP contribution in [0.3, 0.4) is 0 Å². The third-order valence-electron chi connectivity index (χ3n) is 4.01. The summed E-state index contributed by atoms with van der Waals surface area (Å²) >= 11 is 0. The number of aryl methyl sites for hydroxylation is 2. The Kier molecular flexibility index (Phi) is 3.23. The molecule has 0 radical (unpaired) electrons. The van der Waals surface area contributed by atoms with Gasteiger partial charge in [0, 0.05) is 22.5 Å². The Morgan fingerprint density at radius 1 is 0.783 bits per heavy atom. The lowest BCUT2D eigenvalue weighted by molar-refractivity contribution is 0.487. The molecule has 0 unspecified atom stereocenters. The van der Waals surface area contributed by atoms with Gasteiger partial charge in [-0.15, -0.1) is 0 Å². The van der Waals surface area contributed by atoms with Gasteiger partial charge in [-0.2, -0.15) is 0 Å². The van der Waals surface area contributed by atoms with Crippen LogP contribution in [0.2, 0.25) is 0 Å². The van der Waals surface area contributed by atoms with Crippen molar-refractivity contribution in [2.75, 3.05) is 0 Å². The van der Waals surface area contributed by atoms with Crippen LogP contribution in [0.25, 0.3) is 21.7 Å². The van der Waals surface area contributed by atoms with Gasteiger partial charge in [0.1, 0.15) is 11.5 Å². The molecule has 0 saturated heterocycles. The molecular formula is C21H17NO. The first-order valence-corrected chi connectivity index (χ1v) is 7.74. The second-order valence-corrected chi connectivity index (χ2v) is 5.86. The van der Waals surface area contributed by atoms with Crippen molar-refractivity contribution < 1.29 is 4.74 Å². The molecule has 0 spiro atoms. The number of hydrogen-bond acceptors (Lipinski definition) is 2. The van der Waals surface area contributed by atoms with Crippen molar-refractivity contribution >= 4 is 21.7 Å². The highest BCUT2D eigenvalue weighted by atomic mass is 16.5. The minimum atomic E-state index is 0.851. The quantitative estimate of drug-likeness (QED) is 0.437. The number of rotatable bonds is 2. The fourth-order valence-corrected chi connectivity index (χ4v) is 2.94. The van der Waals surface area contributed by atoms with Crippen LogP contribution in [0.4, 0.5) is 0 Å². The van der Waals surface area contributed by atoms with E-state index in [1.807, 2.05) is 43.3 Å². The first-order chi connectivity index (χ1) is 11.2. The zero-order chi connectivity index (χ0) is 15.8. The van der Waals surface area contributed by atoms with Gasteiger partial charge in [0.25, 0.3) is 0 Å². The van der Waals surface area contributed by atoms with E-state index in [1.54, 1.807) is 0 Å². The summed E-state index contributed by atoms with van der Waals surface area (Å²) in [6.07, 6.45) is 0. The standard InChI is InChI=1S/C21H17NO/c1-14-6-5-8-17(12-14)23-20-13-15(2)22-21-18-9-4-3-7-16(18)10-11-19(20)21/h3-13H,1-2H3. The molecule has 0 aliphatic heterocycles. The van der Waals surface area contributed by atoms with Crippen molar-refractivity contribution in [1.29, 1.82) is 0 Å². The summed E-state index contributed by atoms with van der Waals surface area (Å²) in [7, 11) is 0. The first kappa shape index (κ1) is 13.8. The van der Waals surface area contributed by atoms with Gasteiger partial charge in [-0.3, -0.25) is 4.98 Å². The minimum Gasteiger partial charge on any atom is -0.457 e. The average Bonchev–Trinajstić information content (AvgIpc) is 2.54. The predicted octanol–water partition coefficient (Wildman–Crippen LogP) is 5.80. The Balaban J connectivity index is 1.94. The molecule has 0 N–H and O–H groups in total. The molecular weight excluding hydrogens is 282 g/mol. The molecule has 0 saturated carbocycles. The first-order valence-electron chi connectivity index (χ1n) is 7.74. The molecule has 23 heavy (non-hydrogen) atoms. The van der Waals surface area contributed by atoms with E-state index in [-0.39, 0.29) is 0 Å². The molecule has 0 aliphatic rings. The van der Waals surface area contributed by atoms with Gasteiger partial charge in [0.05, 0.1) is 5.52 Å². The fraction of sp³-hybridized carbons (Fsp3) is 0.0952. The van der Waals surface area contributed by atoms with E-state index in [0.29, 0.717) is 0 Å². The summed E-state index contributed by atoms with van der Waals surface area (Å²) in [4.78, 5) is 4.74. The number of aromatic nitrogens is 1. The molecule has 0 bridgehead atoms. The lowest BCUT2D eigenvalue weighted by Crippen LogP contribution is -1.92. The van der Waals surface area contributed by atoms with E-state index in [2.05, 4.69) is 37.3 Å². The van der Waals surface area contributed by atoms with Gasteiger partial charge < -0.3 is 4.74 Å². The Morgan fingerprint density at radius 2 is 1.65 bits per heavy atom. The molecule has 0 fully saturated rings. The molecule has 2 nitrogen and oxygen atoms in total. The largest absolute Gasteiger partial charge is 0.457 e. The lowest BCUT2D eigenvalue weighted by atomic mass is 10.1. The molecule has 4 rings (SSSR count). The molecule has 2 heteroatoms. The summed E-state index contributed by atoms with van der Waals surface area (Å²) in [6, 6.07) is 22.6. The van der Waals surface area contributed by atoms with Crippen LogP contribution in [-0.2, 0) is 0 Å². The molecule has 1 heterocycles. The van der Waals surface area contributed by atoms with E-state index >= 15 is 0 Å². The predicted molar refractivity (Wildman–Crippen MR) is 95.2 cm³/mol. The number of ether oxygens (including phenoxy) is 1. The smallest absolute Gasteiger partial charge is 0.138 e. The van der Waals surface area contributed by atoms with Crippen molar-refractivity contribution in [1.82, 2.24) is 4.98 Å². The van der Waals surface area contributed by atoms with Gasteiger partial charge in [-0.1, -0.05) is 42.5 Å². The van der Waals surface area contributed by atoms with Crippen LogP contribution in [0.15, 0.2) is 66.7 Å². The Bertz CT molecular complexity index is 1020. The van der Waals surface area contributed by atoms with Crippen molar-refractivity contribution in [2.24, 2.45) is 0 Å². The number of nitrogens with zero attached hydrogens (tertiary/aromatic N) is 1. The van der Waals surface area contributed by atoms with Crippen molar-refractivity contribution in [3.05, 3.63) is 78.0 Å². The van der Waals surface area contributed by atoms with Crippen LogP contribution in [-0.4, -0.2) is 4.98 Å². The summed E-state index contributed by atoms with van der Waals surface area (Å²) in [5.41, 5.74) is 3.13. The maximum atomic E-state index is 6.16. The third kappa shape index (κ3) is 2.53. The fourth-order valence-electron chi connectivity index (χ4n) is 2.94. The SMILES string of the molecule is Cc1cccc(Oc2cc(C)nc3c2ccc2ccccc23)c1. The van der Waals surface area contributed by atoms with Gasteiger partial charge in [0.15, 0.2) is 0 Å². The van der Waals surface area contributed by atoms with Crippen molar-refractivity contribution in [2.45, 2.75) is 13.8 Å². The van der Waals surface area contributed by atoms with E-state index in [0.717, 1.165) is 33.5 Å². The van der Waals surface area contributed by atoms with Crippen LogP contribution in [0.5, 0.6) is 11.5 Å². The van der Waals surface area contributed by atoms with E-state index in [1.165, 1.54) is 10.9 Å². The topological polar surface area (TPSA) is 22.1 Å². The zero-order valence-electron chi connectivity index (χ0n) is 13.2. The molecule has 0 amide bonds. The highest BCUT2D eigenvalue weighted by Gasteiger charge is 2.09. The average molecular weight is 299 g/mol. The van der Waals surface area contributed by atoms with E-state index in [9.17, 15) is 0 Å². The van der Waals surface area contributed by atoms with Crippen LogP contribution < -0.4 is 4.74 Å². The maximum absolute atomic E-state index is 6.16. The van der Waals surface area contributed by atoms with Crippen LogP contribution >= 0.6 is 0 Å². The summed E-state index contributed by atoms with van der Waals surface area (Å²) in [5.74, 6) is 1.70. The minimum absolute atomic E-state index is 0.851. The van der Waals surface area contributed by atoms with E-state index < -0.39 is 0 Å². The normalized spacial score (nSPS) is 11.0. The molecule has 0 atom stereocenters. The van der Waals surface area contributed by atoms with Crippen molar-refractivity contribution in [3.63, 3.8) is 0 Å². The molecule has 112 valence electrons. The lowest BCUT2D eigenvalue weighted by Gasteiger charge is -2.12. The Labute approximate surface area is 135 Å². The van der Waals surface area contributed by atoms with Crippen LogP contribution in [0.1, 0.15) is 11.3 Å². The monoisotopic (exact) mass is 299 g/mol. The Morgan fingerprint density at radius 3 is 2.52 bits per heavy atom. The third-order valence-corrected chi connectivity index (χ3v) is 4.01. The second-order valence-electron chi connectivity index (χ2n) is 5.86. The Hall–Kier alpha value is -2.87. The van der Waals surface area contributed by atoms with E-state index in [4.69, 9.17) is 9.72 Å². The van der Waals surface area contributed by atoms with Gasteiger partial charge in [-0.25, -0.2) is 0 Å². The van der Waals surface area contributed by atoms with Gasteiger partial charge >= 0.3 is 0 Å².